The number of carboxylic acid groups (broad SMARTS) is 1. The molecule has 0 radical (unpaired) electrons. The van der Waals surface area contributed by atoms with Crippen molar-refractivity contribution in [2.75, 3.05) is 21.3 Å². The van der Waals surface area contributed by atoms with Gasteiger partial charge in [-0.05, 0) is 99.3 Å². The number of rotatable bonds is 15. The molecule has 368 valence electrons. The predicted octanol–water partition coefficient (Wildman–Crippen LogP) is 8.34. The Morgan fingerprint density at radius 2 is 1.34 bits per heavy atom. The Labute approximate surface area is 399 Å². The highest BCUT2D eigenvalue weighted by atomic mass is 16.5. The summed E-state index contributed by atoms with van der Waals surface area (Å²) >= 11 is 0. The fraction of sp³-hybridized carbons (Fsp3) is 0.471. The second-order valence-electron chi connectivity index (χ2n) is 16.4. The summed E-state index contributed by atoms with van der Waals surface area (Å²) in [6, 6.07) is 9.71. The van der Waals surface area contributed by atoms with E-state index < -0.39 is 11.9 Å². The molecule has 3 heterocycles. The number of ketones is 1. The first-order valence-electron chi connectivity index (χ1n) is 22.5. The number of methoxy groups -OCH3 is 3. The Balaban J connectivity index is 0.000000263. The lowest BCUT2D eigenvalue weighted by atomic mass is 9.79. The number of esters is 4. The highest BCUT2D eigenvalue weighted by Crippen LogP contribution is 2.36. The van der Waals surface area contributed by atoms with E-state index in [0.29, 0.717) is 50.7 Å². The van der Waals surface area contributed by atoms with Gasteiger partial charge in [-0.1, -0.05) is 56.5 Å². The van der Waals surface area contributed by atoms with E-state index in [9.17, 15) is 28.8 Å². The third kappa shape index (κ3) is 18.8. The van der Waals surface area contributed by atoms with E-state index in [-0.39, 0.29) is 43.1 Å². The first-order chi connectivity index (χ1) is 32.3. The maximum atomic E-state index is 12.3. The summed E-state index contributed by atoms with van der Waals surface area (Å²) in [6.07, 6.45) is 25.6. The van der Waals surface area contributed by atoms with Crippen molar-refractivity contribution < 1.29 is 52.8 Å². The molecular weight excluding hydrogens is 873 g/mol. The smallest absolute Gasteiger partial charge is 0.329 e. The average molecular weight is 941 g/mol. The van der Waals surface area contributed by atoms with E-state index in [4.69, 9.17) is 9.84 Å². The molecule has 3 aliphatic rings. The van der Waals surface area contributed by atoms with E-state index in [1.807, 2.05) is 61.3 Å². The number of hydrogen-bond acceptors (Lipinski definition) is 13. The zero-order valence-electron chi connectivity index (χ0n) is 39.0. The number of Topliss-reactive ketones (excluding diaryl/α,β-unsaturated/α-hetero) is 1. The second kappa shape index (κ2) is 29.7. The Bertz CT molecular complexity index is 2270. The van der Waals surface area contributed by atoms with Gasteiger partial charge in [0.05, 0.1) is 77.7 Å². The molecular formula is C51H68N6O11. The summed E-state index contributed by atoms with van der Waals surface area (Å²) in [6.45, 7) is 6.16. The maximum Gasteiger partial charge on any atom is 0.329 e. The number of nitrogens with one attached hydrogen (secondary N) is 1. The molecule has 1 aromatic carbocycles. The van der Waals surface area contributed by atoms with Crippen LogP contribution in [0, 0.1) is 17.8 Å². The van der Waals surface area contributed by atoms with Gasteiger partial charge in [0.15, 0.2) is 0 Å². The molecule has 2 unspecified atom stereocenters. The van der Waals surface area contributed by atoms with Gasteiger partial charge < -0.3 is 24.1 Å². The van der Waals surface area contributed by atoms with Gasteiger partial charge in [-0.15, -0.1) is 0 Å². The van der Waals surface area contributed by atoms with Gasteiger partial charge in [0, 0.05) is 41.7 Å². The molecule has 1 saturated carbocycles. The molecule has 3 aliphatic carbocycles. The molecule has 3 aromatic heterocycles. The molecule has 1 fully saturated rings. The lowest BCUT2D eigenvalue weighted by molar-refractivity contribution is -0.150. The first kappa shape index (κ1) is 55.4. The number of ether oxygens (including phenoxy) is 4. The number of aryl methyl sites for hydroxylation is 2. The summed E-state index contributed by atoms with van der Waals surface area (Å²) in [4.78, 5) is 66.5. The molecule has 2 N–H and O–H groups in total. The Hall–Kier alpha value is -6.91. The lowest BCUT2D eigenvalue weighted by Crippen LogP contribution is -2.20. The lowest BCUT2D eigenvalue weighted by Gasteiger charge is -2.25. The molecule has 0 amide bonds. The summed E-state index contributed by atoms with van der Waals surface area (Å²) < 4.78 is 22.3. The standard InChI is InChI=1S/C21H24N2O4.C14H20N2O4.C11H14N2O.C4H6O2.CH4/c1-26-20(24)11-12-23-14-19(13-22-23)17-7-9-18(10-8-17)21(25)27-15-16-5-3-2-4-6-16;1-20-13(17)6-7-16-9-12(8-15-16)10-2-4-11(5-3-10)14(18)19;1-8(14)9-2-4-10(5-3-9)11-6-12-13-7-11;1-3-4(5)6-2;/h2-7,13-14,18H,8-12,15H2,1H3;8-11H,2-7H2,1H3,(H,18,19);4,6-7,9H,2-3,5H2,1H3,(H,12,13);3H,1H2,2H3;1H4. The maximum absolute atomic E-state index is 12.3. The number of hydrogen-bond donors (Lipinski definition) is 2. The zero-order valence-corrected chi connectivity index (χ0v) is 39.0. The Kier molecular flexibility index (Phi) is 24.2. The number of carbonyl (C=O) groups excluding carboxylic acids is 5. The quantitative estimate of drug-likeness (QED) is 0.0650. The molecule has 0 bridgehead atoms. The second-order valence-corrected chi connectivity index (χ2v) is 16.4. The van der Waals surface area contributed by atoms with Gasteiger partial charge in [0.1, 0.15) is 12.4 Å². The SMILES string of the molecule is C.C=CC(=O)OC.CC(=O)C1CC=C(c2cn[nH]c2)CC1.COC(=O)CCn1cc(C2=CCC(C(=O)OCc3ccccc3)CC2)cn1.COC(=O)CCn1cc(C2CCC(C(=O)O)CC2)cn1. The molecule has 0 aliphatic heterocycles. The van der Waals surface area contributed by atoms with Gasteiger partial charge in [-0.3, -0.25) is 38.4 Å². The van der Waals surface area contributed by atoms with Crippen LogP contribution in [0.2, 0.25) is 0 Å². The minimum atomic E-state index is -0.683. The van der Waals surface area contributed by atoms with Gasteiger partial charge >= 0.3 is 29.8 Å². The molecule has 0 spiro atoms. The fourth-order valence-electron chi connectivity index (χ4n) is 7.79. The third-order valence-electron chi connectivity index (χ3n) is 11.9. The Morgan fingerprint density at radius 1 is 0.750 bits per heavy atom. The molecule has 68 heavy (non-hydrogen) atoms. The monoisotopic (exact) mass is 940 g/mol. The minimum Gasteiger partial charge on any atom is -0.481 e. The van der Waals surface area contributed by atoms with Crippen LogP contribution in [-0.4, -0.2) is 91.8 Å². The van der Waals surface area contributed by atoms with Crippen LogP contribution in [0.1, 0.15) is 120 Å². The number of benzene rings is 1. The molecule has 17 nitrogen and oxygen atoms in total. The van der Waals surface area contributed by atoms with Crippen molar-refractivity contribution >= 4 is 46.8 Å². The van der Waals surface area contributed by atoms with Crippen molar-refractivity contribution in [1.29, 1.82) is 0 Å². The van der Waals surface area contributed by atoms with Crippen molar-refractivity contribution in [1.82, 2.24) is 29.8 Å². The molecule has 4 aromatic rings. The molecule has 7 rings (SSSR count). The number of allylic oxidation sites excluding steroid dienone is 4. The number of carbonyl (C=O) groups is 6. The van der Waals surface area contributed by atoms with Crippen LogP contribution in [0.4, 0.5) is 0 Å². The number of H-pyrrole nitrogens is 1. The van der Waals surface area contributed by atoms with Crippen LogP contribution < -0.4 is 0 Å². The van der Waals surface area contributed by atoms with Crippen LogP contribution in [-0.2, 0) is 67.4 Å². The summed E-state index contributed by atoms with van der Waals surface area (Å²) in [5.74, 6) is -1.05. The van der Waals surface area contributed by atoms with Gasteiger partial charge in [0.25, 0.3) is 0 Å². The first-order valence-corrected chi connectivity index (χ1v) is 22.5. The zero-order chi connectivity index (χ0) is 48.6. The summed E-state index contributed by atoms with van der Waals surface area (Å²) in [5.41, 5.74) is 6.83. The highest BCUT2D eigenvalue weighted by Gasteiger charge is 2.28. The molecule has 0 saturated heterocycles. The van der Waals surface area contributed by atoms with Gasteiger partial charge in [-0.2, -0.15) is 15.3 Å². The van der Waals surface area contributed by atoms with Crippen molar-refractivity contribution in [3.63, 3.8) is 0 Å². The number of aliphatic carboxylic acids is 1. The van der Waals surface area contributed by atoms with Crippen molar-refractivity contribution in [3.05, 3.63) is 115 Å². The van der Waals surface area contributed by atoms with Crippen LogP contribution in [0.3, 0.4) is 0 Å². The van der Waals surface area contributed by atoms with E-state index in [1.165, 1.54) is 32.5 Å². The van der Waals surface area contributed by atoms with Crippen LogP contribution in [0.5, 0.6) is 0 Å². The summed E-state index contributed by atoms with van der Waals surface area (Å²) in [5, 5.41) is 24.2. The minimum absolute atomic E-state index is 0. The number of nitrogens with zero attached hydrogens (tertiary/aromatic N) is 5. The van der Waals surface area contributed by atoms with E-state index >= 15 is 0 Å². The fourth-order valence-corrected chi connectivity index (χ4v) is 7.79. The molecule has 17 heteroatoms. The van der Waals surface area contributed by atoms with E-state index in [0.717, 1.165) is 86.1 Å². The van der Waals surface area contributed by atoms with E-state index in [2.05, 4.69) is 53.3 Å². The van der Waals surface area contributed by atoms with E-state index in [1.54, 1.807) is 22.5 Å². The number of aromatic nitrogens is 6. The van der Waals surface area contributed by atoms with Crippen molar-refractivity contribution in [3.8, 4) is 0 Å². The predicted molar refractivity (Wildman–Crippen MR) is 255 cm³/mol. The normalized spacial score (nSPS) is 18.2. The van der Waals surface area contributed by atoms with Crippen LogP contribution in [0.15, 0.2) is 92.3 Å². The largest absolute Gasteiger partial charge is 0.481 e. The topological polar surface area (TPSA) is 224 Å². The van der Waals surface area contributed by atoms with Crippen molar-refractivity contribution in [2.45, 2.75) is 117 Å². The van der Waals surface area contributed by atoms with Gasteiger partial charge in [0.2, 0.25) is 0 Å². The highest BCUT2D eigenvalue weighted by molar-refractivity contribution is 5.81. The number of aromatic amines is 1. The van der Waals surface area contributed by atoms with Crippen LogP contribution >= 0.6 is 0 Å². The van der Waals surface area contributed by atoms with Crippen LogP contribution in [0.25, 0.3) is 11.1 Å². The number of carboxylic acids is 1. The Morgan fingerprint density at radius 3 is 1.84 bits per heavy atom. The third-order valence-corrected chi connectivity index (χ3v) is 11.9. The average Bonchev–Trinajstić information content (AvgIpc) is 4.19. The van der Waals surface area contributed by atoms with Gasteiger partial charge in [-0.25, -0.2) is 4.79 Å². The van der Waals surface area contributed by atoms with Crippen molar-refractivity contribution in [2.24, 2.45) is 17.8 Å². The molecule has 2 atom stereocenters. The summed E-state index contributed by atoms with van der Waals surface area (Å²) in [7, 11) is 4.06.